The van der Waals surface area contributed by atoms with Crippen molar-refractivity contribution in [2.24, 2.45) is 5.16 Å². The van der Waals surface area contributed by atoms with Crippen LogP contribution in [0.15, 0.2) is 84.0 Å². The lowest BCUT2D eigenvalue weighted by molar-refractivity contribution is 0.213. The number of hydrogen-bond donors (Lipinski definition) is 1. The zero-order valence-electron chi connectivity index (χ0n) is 17.1. The summed E-state index contributed by atoms with van der Waals surface area (Å²) in [6.45, 7) is 1.91. The van der Waals surface area contributed by atoms with E-state index in [0.29, 0.717) is 5.82 Å². The molecular weight excluding hydrogens is 388 g/mol. The molecule has 0 aliphatic carbocycles. The van der Waals surface area contributed by atoms with Crippen molar-refractivity contribution >= 4 is 39.0 Å². The van der Waals surface area contributed by atoms with E-state index in [4.69, 9.17) is 9.82 Å². The molecule has 1 N–H and O–H groups in total. The second-order valence-electron chi connectivity index (χ2n) is 7.10. The van der Waals surface area contributed by atoms with Crippen LogP contribution in [0, 0.1) is 0 Å². The highest BCUT2D eigenvalue weighted by Crippen LogP contribution is 2.28. The van der Waals surface area contributed by atoms with Gasteiger partial charge in [-0.15, -0.1) is 5.10 Å². The maximum absolute atomic E-state index is 4.86. The smallest absolute Gasteiger partial charge is 0.158 e. The minimum Gasteiger partial charge on any atom is -0.399 e. The highest BCUT2D eigenvalue weighted by atomic mass is 16.6. The number of fused-ring (bicyclic) bond motifs is 2. The molecule has 0 radical (unpaired) electrons. The fraction of sp³-hybridized carbons (Fsp3) is 0.0833. The molecule has 31 heavy (non-hydrogen) atoms. The third-order valence-corrected chi connectivity index (χ3v) is 5.08. The summed E-state index contributed by atoms with van der Waals surface area (Å²) < 4.78 is 1.76. The van der Waals surface area contributed by atoms with Gasteiger partial charge in [0.2, 0.25) is 0 Å². The minimum atomic E-state index is 0.703. The molecule has 0 fully saturated rings. The number of aromatic nitrogens is 4. The van der Waals surface area contributed by atoms with Crippen molar-refractivity contribution in [3.8, 4) is 5.82 Å². The van der Waals surface area contributed by atoms with Crippen LogP contribution in [0.4, 0.5) is 11.4 Å². The standard InChI is InChI=1S/C24H20N6O/c1-16(28-31-2)17-11-13-18(14-12-17)25-22-15-24(26-20-8-4-3-7-19(20)22)30-23-10-6-5-9-21(23)27-29-30/h3-15H,1-2H3,(H,25,26)/b28-16+. The van der Waals surface area contributed by atoms with Crippen molar-refractivity contribution in [1.82, 2.24) is 20.0 Å². The lowest BCUT2D eigenvalue weighted by atomic mass is 10.1. The van der Waals surface area contributed by atoms with Gasteiger partial charge < -0.3 is 10.2 Å². The van der Waals surface area contributed by atoms with Crippen LogP contribution in [-0.2, 0) is 4.84 Å². The zero-order valence-corrected chi connectivity index (χ0v) is 17.1. The molecule has 0 amide bonds. The molecule has 7 heteroatoms. The number of rotatable bonds is 5. The molecule has 0 aliphatic heterocycles. The van der Waals surface area contributed by atoms with Crippen LogP contribution in [0.3, 0.4) is 0 Å². The number of oxime groups is 1. The number of pyridine rings is 1. The normalized spacial score (nSPS) is 11.7. The highest BCUT2D eigenvalue weighted by Gasteiger charge is 2.12. The first-order chi connectivity index (χ1) is 15.2. The van der Waals surface area contributed by atoms with E-state index in [0.717, 1.165) is 44.6 Å². The third kappa shape index (κ3) is 3.57. The molecule has 3 aromatic carbocycles. The molecule has 0 spiro atoms. The molecule has 0 saturated carbocycles. The number of hydrogen-bond acceptors (Lipinski definition) is 6. The van der Waals surface area contributed by atoms with Crippen LogP contribution in [0.1, 0.15) is 12.5 Å². The van der Waals surface area contributed by atoms with Gasteiger partial charge in [0.15, 0.2) is 5.82 Å². The van der Waals surface area contributed by atoms with E-state index in [1.807, 2.05) is 79.7 Å². The Balaban J connectivity index is 1.58. The Morgan fingerprint density at radius 3 is 2.48 bits per heavy atom. The first kappa shape index (κ1) is 18.7. The lowest BCUT2D eigenvalue weighted by Gasteiger charge is -2.13. The maximum Gasteiger partial charge on any atom is 0.158 e. The first-order valence-electron chi connectivity index (χ1n) is 9.89. The third-order valence-electron chi connectivity index (χ3n) is 5.08. The summed E-state index contributed by atoms with van der Waals surface area (Å²) in [7, 11) is 1.55. The molecule has 0 aliphatic rings. The van der Waals surface area contributed by atoms with Crippen LogP contribution < -0.4 is 5.32 Å². The van der Waals surface area contributed by atoms with Crippen molar-refractivity contribution < 1.29 is 4.84 Å². The number of anilines is 2. The van der Waals surface area contributed by atoms with Gasteiger partial charge in [-0.25, -0.2) is 4.98 Å². The quantitative estimate of drug-likeness (QED) is 0.324. The molecule has 0 atom stereocenters. The van der Waals surface area contributed by atoms with Crippen LogP contribution in [0.2, 0.25) is 0 Å². The minimum absolute atomic E-state index is 0.703. The molecule has 7 nitrogen and oxygen atoms in total. The second kappa shape index (κ2) is 7.87. The molecule has 2 heterocycles. The Morgan fingerprint density at radius 1 is 0.935 bits per heavy atom. The van der Waals surface area contributed by atoms with Crippen molar-refractivity contribution in [2.45, 2.75) is 6.92 Å². The van der Waals surface area contributed by atoms with E-state index in [2.05, 4.69) is 26.9 Å². The van der Waals surface area contributed by atoms with Gasteiger partial charge >= 0.3 is 0 Å². The van der Waals surface area contributed by atoms with Crippen LogP contribution in [0.25, 0.3) is 27.8 Å². The highest BCUT2D eigenvalue weighted by molar-refractivity contribution is 5.99. The average molecular weight is 408 g/mol. The summed E-state index contributed by atoms with van der Waals surface area (Å²) in [5, 5.41) is 17.1. The average Bonchev–Trinajstić information content (AvgIpc) is 3.24. The summed E-state index contributed by atoms with van der Waals surface area (Å²) in [6, 6.07) is 25.9. The van der Waals surface area contributed by atoms with Crippen LogP contribution >= 0.6 is 0 Å². The number of para-hydroxylation sites is 2. The summed E-state index contributed by atoms with van der Waals surface area (Å²) in [5.41, 5.74) is 6.34. The molecular formula is C24H20N6O. The number of benzene rings is 3. The van der Waals surface area contributed by atoms with E-state index in [9.17, 15) is 0 Å². The van der Waals surface area contributed by atoms with Gasteiger partial charge in [-0.1, -0.05) is 52.8 Å². The van der Waals surface area contributed by atoms with Gasteiger partial charge in [-0.3, -0.25) is 0 Å². The van der Waals surface area contributed by atoms with E-state index in [1.165, 1.54) is 0 Å². The second-order valence-corrected chi connectivity index (χ2v) is 7.10. The number of nitrogens with one attached hydrogen (secondary N) is 1. The van der Waals surface area contributed by atoms with Crippen molar-refractivity contribution in [3.63, 3.8) is 0 Å². The van der Waals surface area contributed by atoms with E-state index in [-0.39, 0.29) is 0 Å². The summed E-state index contributed by atoms with van der Waals surface area (Å²) in [4.78, 5) is 9.68. The molecule has 0 saturated heterocycles. The van der Waals surface area contributed by atoms with Crippen molar-refractivity contribution in [2.75, 3.05) is 12.4 Å². The Labute approximate surface area is 179 Å². The SMILES string of the molecule is CO/N=C(\C)c1ccc(Nc2cc(-n3nnc4ccccc43)nc3ccccc23)cc1. The maximum atomic E-state index is 4.86. The van der Waals surface area contributed by atoms with Gasteiger partial charge in [0.25, 0.3) is 0 Å². The summed E-state index contributed by atoms with van der Waals surface area (Å²) >= 11 is 0. The summed E-state index contributed by atoms with van der Waals surface area (Å²) in [5.74, 6) is 0.703. The monoisotopic (exact) mass is 408 g/mol. The Bertz CT molecular complexity index is 1410. The Hall–Kier alpha value is -4.26. The van der Waals surface area contributed by atoms with Gasteiger partial charge in [0.05, 0.1) is 22.4 Å². The van der Waals surface area contributed by atoms with Crippen LogP contribution in [0.5, 0.6) is 0 Å². The number of nitrogens with zero attached hydrogens (tertiary/aromatic N) is 5. The predicted molar refractivity (Wildman–Crippen MR) is 123 cm³/mol. The fourth-order valence-corrected chi connectivity index (χ4v) is 3.55. The first-order valence-corrected chi connectivity index (χ1v) is 9.89. The van der Waals surface area contributed by atoms with Crippen molar-refractivity contribution in [3.05, 3.63) is 84.4 Å². The molecule has 5 aromatic rings. The Kier molecular flexibility index (Phi) is 4.76. The molecule has 0 unspecified atom stereocenters. The Morgan fingerprint density at radius 2 is 1.68 bits per heavy atom. The van der Waals surface area contributed by atoms with E-state index >= 15 is 0 Å². The van der Waals surface area contributed by atoms with Gasteiger partial charge in [-0.2, -0.15) is 4.68 Å². The molecule has 0 bridgehead atoms. The molecule has 152 valence electrons. The summed E-state index contributed by atoms with van der Waals surface area (Å²) in [6.07, 6.45) is 0. The largest absolute Gasteiger partial charge is 0.399 e. The predicted octanol–water partition coefficient (Wildman–Crippen LogP) is 5.08. The molecule has 2 aromatic heterocycles. The van der Waals surface area contributed by atoms with Gasteiger partial charge in [0, 0.05) is 17.1 Å². The van der Waals surface area contributed by atoms with E-state index in [1.54, 1.807) is 11.8 Å². The molecule has 5 rings (SSSR count). The fourth-order valence-electron chi connectivity index (χ4n) is 3.55. The van der Waals surface area contributed by atoms with Crippen LogP contribution in [-0.4, -0.2) is 32.8 Å². The lowest BCUT2D eigenvalue weighted by Crippen LogP contribution is -2.03. The van der Waals surface area contributed by atoms with Crippen molar-refractivity contribution in [1.29, 1.82) is 0 Å². The van der Waals surface area contributed by atoms with E-state index < -0.39 is 0 Å². The zero-order chi connectivity index (χ0) is 21.2. The topological polar surface area (TPSA) is 77.2 Å². The van der Waals surface area contributed by atoms with Gasteiger partial charge in [0.1, 0.15) is 12.6 Å². The van der Waals surface area contributed by atoms with Gasteiger partial charge in [-0.05, 0) is 42.8 Å².